The van der Waals surface area contributed by atoms with Crippen molar-refractivity contribution < 1.29 is 9.18 Å². The van der Waals surface area contributed by atoms with Crippen molar-refractivity contribution in [3.05, 3.63) is 24.0 Å². The van der Waals surface area contributed by atoms with Crippen LogP contribution in [0.3, 0.4) is 0 Å². The number of nitrogens with one attached hydrogen (secondary N) is 1. The van der Waals surface area contributed by atoms with Gasteiger partial charge in [0, 0.05) is 13.1 Å². The van der Waals surface area contributed by atoms with E-state index in [-0.39, 0.29) is 11.8 Å². The number of aromatic nitrogens is 1. The van der Waals surface area contributed by atoms with Crippen molar-refractivity contribution in [2.24, 2.45) is 0 Å². The summed E-state index contributed by atoms with van der Waals surface area (Å²) in [5, 5.41) is 3.22. The maximum Gasteiger partial charge on any atom is 0.323 e. The zero-order chi connectivity index (χ0) is 13.1. The molecule has 1 aromatic heterocycles. The van der Waals surface area contributed by atoms with Crippen LogP contribution >= 0.6 is 11.3 Å². The molecule has 0 aliphatic carbocycles. The standard InChI is InChI=1S/C12H14FN3OS/c1-3-16(4-2)12(17)15-11-14-9-6-5-8(13)7-10(9)18-11/h5-7H,3-4H2,1-2H3,(H,14,15,17). The molecule has 6 heteroatoms. The van der Waals surface area contributed by atoms with Crippen molar-refractivity contribution >= 4 is 32.7 Å². The average Bonchev–Trinajstić information content (AvgIpc) is 2.71. The number of thiazole rings is 1. The number of benzene rings is 1. The molecule has 0 aliphatic rings. The molecule has 0 atom stereocenters. The number of anilines is 1. The molecule has 1 heterocycles. The second-order valence-electron chi connectivity index (χ2n) is 3.73. The maximum absolute atomic E-state index is 13.0. The highest BCUT2D eigenvalue weighted by Crippen LogP contribution is 2.26. The molecule has 0 saturated heterocycles. The van der Waals surface area contributed by atoms with Crippen LogP contribution in [0, 0.1) is 5.82 Å². The molecule has 4 nitrogen and oxygen atoms in total. The van der Waals surface area contributed by atoms with Crippen LogP contribution in [0.2, 0.25) is 0 Å². The van der Waals surface area contributed by atoms with E-state index in [0.29, 0.717) is 23.7 Å². The summed E-state index contributed by atoms with van der Waals surface area (Å²) < 4.78 is 13.8. The number of nitrogens with zero attached hydrogens (tertiary/aromatic N) is 2. The van der Waals surface area contributed by atoms with Crippen molar-refractivity contribution in [2.45, 2.75) is 13.8 Å². The van der Waals surface area contributed by atoms with E-state index >= 15 is 0 Å². The van der Waals surface area contributed by atoms with Gasteiger partial charge in [-0.15, -0.1) is 0 Å². The summed E-state index contributed by atoms with van der Waals surface area (Å²) in [6, 6.07) is 4.20. The molecule has 0 unspecified atom stereocenters. The summed E-state index contributed by atoms with van der Waals surface area (Å²) in [5.41, 5.74) is 0.691. The molecule has 0 fully saturated rings. The molecule has 1 N–H and O–H groups in total. The first-order valence-corrected chi connectivity index (χ1v) is 6.57. The third-order valence-electron chi connectivity index (χ3n) is 2.62. The van der Waals surface area contributed by atoms with E-state index in [1.807, 2.05) is 13.8 Å². The minimum atomic E-state index is -0.298. The minimum Gasteiger partial charge on any atom is -0.325 e. The van der Waals surface area contributed by atoms with Gasteiger partial charge < -0.3 is 4.90 Å². The molecule has 0 bridgehead atoms. The summed E-state index contributed by atoms with van der Waals surface area (Å²) in [7, 11) is 0. The molecule has 96 valence electrons. The number of rotatable bonds is 3. The van der Waals surface area contributed by atoms with E-state index in [0.717, 1.165) is 4.70 Å². The van der Waals surface area contributed by atoms with Crippen molar-refractivity contribution in [3.8, 4) is 0 Å². The number of carbonyl (C=O) groups excluding carboxylic acids is 1. The van der Waals surface area contributed by atoms with Gasteiger partial charge in [0.2, 0.25) is 0 Å². The number of hydrogen-bond donors (Lipinski definition) is 1. The normalized spacial score (nSPS) is 10.6. The largest absolute Gasteiger partial charge is 0.325 e. The Bertz CT molecular complexity index is 565. The molecule has 2 aromatic rings. The van der Waals surface area contributed by atoms with Gasteiger partial charge in [-0.1, -0.05) is 11.3 Å². The van der Waals surface area contributed by atoms with Crippen LogP contribution < -0.4 is 5.32 Å². The van der Waals surface area contributed by atoms with Gasteiger partial charge in [0.25, 0.3) is 0 Å². The monoisotopic (exact) mass is 267 g/mol. The fraction of sp³-hybridized carbons (Fsp3) is 0.333. The molecule has 0 spiro atoms. The van der Waals surface area contributed by atoms with Gasteiger partial charge in [0.15, 0.2) is 5.13 Å². The lowest BCUT2D eigenvalue weighted by Gasteiger charge is -2.17. The first-order valence-electron chi connectivity index (χ1n) is 5.76. The van der Waals surface area contributed by atoms with Crippen LogP contribution in [0.5, 0.6) is 0 Å². The fourth-order valence-corrected chi connectivity index (χ4v) is 2.51. The molecule has 18 heavy (non-hydrogen) atoms. The highest BCUT2D eigenvalue weighted by atomic mass is 32.1. The molecule has 0 radical (unpaired) electrons. The molecular weight excluding hydrogens is 253 g/mol. The number of hydrogen-bond acceptors (Lipinski definition) is 3. The van der Waals surface area contributed by atoms with Crippen LogP contribution in [-0.4, -0.2) is 29.0 Å². The zero-order valence-corrected chi connectivity index (χ0v) is 11.1. The van der Waals surface area contributed by atoms with Crippen molar-refractivity contribution in [2.75, 3.05) is 18.4 Å². The summed E-state index contributed by atoms with van der Waals surface area (Å²) >= 11 is 1.27. The number of fused-ring (bicyclic) bond motifs is 1. The molecule has 2 amide bonds. The van der Waals surface area contributed by atoms with E-state index in [9.17, 15) is 9.18 Å². The lowest BCUT2D eigenvalue weighted by atomic mass is 10.3. The third kappa shape index (κ3) is 2.59. The van der Waals surface area contributed by atoms with Crippen LogP contribution in [-0.2, 0) is 0 Å². The second kappa shape index (κ2) is 5.30. The number of halogens is 1. The Labute approximate surface area is 108 Å². The van der Waals surface area contributed by atoms with E-state index < -0.39 is 0 Å². The van der Waals surface area contributed by atoms with Gasteiger partial charge in [-0.3, -0.25) is 5.32 Å². The molecule has 0 aliphatic heterocycles. The highest BCUT2D eigenvalue weighted by molar-refractivity contribution is 7.22. The third-order valence-corrected chi connectivity index (χ3v) is 3.55. The average molecular weight is 267 g/mol. The Morgan fingerprint density at radius 3 is 2.83 bits per heavy atom. The SMILES string of the molecule is CCN(CC)C(=O)Nc1nc2ccc(F)cc2s1. The molecule has 1 aromatic carbocycles. The second-order valence-corrected chi connectivity index (χ2v) is 4.76. The fourth-order valence-electron chi connectivity index (χ4n) is 1.63. The Morgan fingerprint density at radius 1 is 1.44 bits per heavy atom. The lowest BCUT2D eigenvalue weighted by Crippen LogP contribution is -2.34. The molecular formula is C12H14FN3OS. The van der Waals surface area contributed by atoms with E-state index in [2.05, 4.69) is 10.3 Å². The minimum absolute atomic E-state index is 0.181. The summed E-state index contributed by atoms with van der Waals surface area (Å²) in [6.45, 7) is 5.11. The van der Waals surface area contributed by atoms with E-state index in [1.165, 1.54) is 23.5 Å². The van der Waals surface area contributed by atoms with E-state index in [1.54, 1.807) is 11.0 Å². The predicted octanol–water partition coefficient (Wildman–Crippen LogP) is 3.31. The lowest BCUT2D eigenvalue weighted by molar-refractivity contribution is 0.217. The summed E-state index contributed by atoms with van der Waals surface area (Å²) in [6.07, 6.45) is 0. The molecule has 2 rings (SSSR count). The van der Waals surface area contributed by atoms with Crippen LogP contribution in [0.15, 0.2) is 18.2 Å². The molecule has 0 saturated carbocycles. The number of amides is 2. The smallest absolute Gasteiger partial charge is 0.323 e. The van der Waals surface area contributed by atoms with Crippen LogP contribution in [0.1, 0.15) is 13.8 Å². The topological polar surface area (TPSA) is 45.2 Å². The Morgan fingerprint density at radius 2 is 2.17 bits per heavy atom. The summed E-state index contributed by atoms with van der Waals surface area (Å²) in [5.74, 6) is -0.298. The quantitative estimate of drug-likeness (QED) is 0.927. The zero-order valence-electron chi connectivity index (χ0n) is 10.2. The Hall–Kier alpha value is -1.69. The van der Waals surface area contributed by atoms with Crippen molar-refractivity contribution in [1.29, 1.82) is 0 Å². The van der Waals surface area contributed by atoms with Gasteiger partial charge in [-0.05, 0) is 32.0 Å². The van der Waals surface area contributed by atoms with Gasteiger partial charge in [-0.25, -0.2) is 14.2 Å². The van der Waals surface area contributed by atoms with Gasteiger partial charge >= 0.3 is 6.03 Å². The Balaban J connectivity index is 2.19. The van der Waals surface area contributed by atoms with Gasteiger partial charge in [0.1, 0.15) is 5.82 Å². The van der Waals surface area contributed by atoms with Gasteiger partial charge in [-0.2, -0.15) is 0 Å². The van der Waals surface area contributed by atoms with Crippen molar-refractivity contribution in [1.82, 2.24) is 9.88 Å². The number of urea groups is 1. The highest BCUT2D eigenvalue weighted by Gasteiger charge is 2.12. The first-order chi connectivity index (χ1) is 8.63. The van der Waals surface area contributed by atoms with E-state index in [4.69, 9.17) is 0 Å². The Kier molecular flexibility index (Phi) is 3.76. The van der Waals surface area contributed by atoms with Crippen molar-refractivity contribution in [3.63, 3.8) is 0 Å². The predicted molar refractivity (Wildman–Crippen MR) is 71.5 cm³/mol. The number of carbonyl (C=O) groups is 1. The first kappa shape index (κ1) is 12.8. The maximum atomic E-state index is 13.0. The van der Waals surface area contributed by atoms with Gasteiger partial charge in [0.05, 0.1) is 10.2 Å². The summed E-state index contributed by atoms with van der Waals surface area (Å²) in [4.78, 5) is 17.7. The van der Waals surface area contributed by atoms with Crippen LogP contribution in [0.4, 0.5) is 14.3 Å². The van der Waals surface area contributed by atoms with Crippen LogP contribution in [0.25, 0.3) is 10.2 Å².